The first-order valence-electron chi connectivity index (χ1n) is 4.81. The molecule has 4 N–H and O–H groups in total. The fourth-order valence-corrected chi connectivity index (χ4v) is 1.29. The topological polar surface area (TPSA) is 128 Å². The minimum atomic E-state index is -0.600. The van der Waals surface area contributed by atoms with E-state index in [2.05, 4.69) is 20.7 Å². The number of hydrogen-bond donors (Lipinski definition) is 3. The molecule has 0 aliphatic rings. The van der Waals surface area contributed by atoms with Crippen molar-refractivity contribution in [2.75, 3.05) is 24.5 Å². The smallest absolute Gasteiger partial charge is 0.354 e. The molecule has 1 aromatic rings. The van der Waals surface area contributed by atoms with Crippen molar-refractivity contribution in [1.29, 1.82) is 0 Å². The van der Waals surface area contributed by atoms with Crippen LogP contribution in [0.1, 0.15) is 6.92 Å². The van der Waals surface area contributed by atoms with Crippen molar-refractivity contribution >= 4 is 17.3 Å². The second-order valence-corrected chi connectivity index (χ2v) is 3.32. The summed E-state index contributed by atoms with van der Waals surface area (Å²) in [5, 5.41) is 13.8. The zero-order valence-corrected chi connectivity index (χ0v) is 9.51. The van der Waals surface area contributed by atoms with E-state index in [1.165, 1.54) is 6.33 Å². The molecular weight excluding hydrogens is 228 g/mol. The Balaban J connectivity index is 3.02. The summed E-state index contributed by atoms with van der Waals surface area (Å²) >= 11 is 0. The van der Waals surface area contributed by atoms with Gasteiger partial charge in [0.1, 0.15) is 6.33 Å². The van der Waals surface area contributed by atoms with Crippen LogP contribution in [-0.4, -0.2) is 34.6 Å². The van der Waals surface area contributed by atoms with Crippen LogP contribution in [0.4, 0.5) is 17.3 Å². The molecule has 0 saturated carbocycles. The van der Waals surface area contributed by atoms with E-state index in [1.54, 1.807) is 7.11 Å². The lowest BCUT2D eigenvalue weighted by Crippen LogP contribution is -2.23. The number of nitrogens with one attached hydrogen (secondary N) is 2. The number of nitro groups is 1. The zero-order valence-electron chi connectivity index (χ0n) is 9.51. The van der Waals surface area contributed by atoms with Gasteiger partial charge in [0.2, 0.25) is 11.6 Å². The minimum absolute atomic E-state index is 0.0443. The SMILES string of the molecule is COCC(C)Nc1ncnc(NN)c1[N+](=O)[O-]. The summed E-state index contributed by atoms with van der Waals surface area (Å²) < 4.78 is 4.92. The van der Waals surface area contributed by atoms with Gasteiger partial charge in [0.05, 0.1) is 11.5 Å². The summed E-state index contributed by atoms with van der Waals surface area (Å²) in [6.07, 6.45) is 1.18. The normalized spacial score (nSPS) is 11.9. The van der Waals surface area contributed by atoms with Gasteiger partial charge in [0, 0.05) is 13.2 Å². The van der Waals surface area contributed by atoms with E-state index in [0.717, 1.165) is 0 Å². The molecule has 1 atom stereocenters. The highest BCUT2D eigenvalue weighted by molar-refractivity contribution is 5.68. The van der Waals surface area contributed by atoms with Crippen LogP contribution in [0.3, 0.4) is 0 Å². The van der Waals surface area contributed by atoms with Crippen molar-refractivity contribution in [3.05, 3.63) is 16.4 Å². The molecule has 0 aliphatic heterocycles. The standard InChI is InChI=1S/C8H14N6O3/c1-5(3-17-2)12-7-6(14(15)16)8(13-9)11-4-10-7/h4-5H,3,9H2,1-2H3,(H2,10,11,12,13). The van der Waals surface area contributed by atoms with Gasteiger partial charge in [-0.1, -0.05) is 0 Å². The predicted octanol–water partition coefficient (Wildman–Crippen LogP) is 0.117. The first-order chi connectivity index (χ1) is 8.10. The molecule has 0 saturated heterocycles. The van der Waals surface area contributed by atoms with E-state index >= 15 is 0 Å². The fraction of sp³-hybridized carbons (Fsp3) is 0.500. The van der Waals surface area contributed by atoms with Crippen molar-refractivity contribution in [3.8, 4) is 0 Å². The summed E-state index contributed by atoms with van der Waals surface area (Å²) in [7, 11) is 1.54. The number of nitrogens with two attached hydrogens (primary N) is 1. The number of hydrogen-bond acceptors (Lipinski definition) is 8. The summed E-state index contributed by atoms with van der Waals surface area (Å²) in [6, 6.07) is -0.126. The molecule has 17 heavy (non-hydrogen) atoms. The Morgan fingerprint density at radius 2 is 2.24 bits per heavy atom. The highest BCUT2D eigenvalue weighted by Crippen LogP contribution is 2.28. The van der Waals surface area contributed by atoms with E-state index < -0.39 is 4.92 Å². The number of ether oxygens (including phenoxy) is 1. The van der Waals surface area contributed by atoms with Crippen molar-refractivity contribution in [2.24, 2.45) is 5.84 Å². The first kappa shape index (κ1) is 13.1. The van der Waals surface area contributed by atoms with Gasteiger partial charge in [-0.15, -0.1) is 0 Å². The van der Waals surface area contributed by atoms with Gasteiger partial charge in [-0.2, -0.15) is 0 Å². The van der Waals surface area contributed by atoms with E-state index in [-0.39, 0.29) is 23.4 Å². The van der Waals surface area contributed by atoms with Gasteiger partial charge in [-0.05, 0) is 6.92 Å². The second kappa shape index (κ2) is 5.92. The van der Waals surface area contributed by atoms with Crippen LogP contribution in [-0.2, 0) is 4.74 Å². The Bertz CT molecular complexity index is 399. The molecule has 1 unspecified atom stereocenters. The van der Waals surface area contributed by atoms with E-state index in [9.17, 15) is 10.1 Å². The van der Waals surface area contributed by atoms with Crippen LogP contribution < -0.4 is 16.6 Å². The zero-order chi connectivity index (χ0) is 12.8. The molecule has 1 heterocycles. The quantitative estimate of drug-likeness (QED) is 0.364. The third-order valence-corrected chi connectivity index (χ3v) is 1.94. The first-order valence-corrected chi connectivity index (χ1v) is 4.81. The molecular formula is C8H14N6O3. The van der Waals surface area contributed by atoms with E-state index in [0.29, 0.717) is 6.61 Å². The van der Waals surface area contributed by atoms with Crippen LogP contribution in [0, 0.1) is 10.1 Å². The molecule has 0 radical (unpaired) electrons. The van der Waals surface area contributed by atoms with Crippen LogP contribution in [0.25, 0.3) is 0 Å². The minimum Gasteiger partial charge on any atom is -0.383 e. The summed E-state index contributed by atoms with van der Waals surface area (Å²) in [4.78, 5) is 17.8. The number of rotatable bonds is 6. The number of hydrazine groups is 1. The Morgan fingerprint density at radius 1 is 1.59 bits per heavy atom. The molecule has 9 nitrogen and oxygen atoms in total. The summed E-state index contributed by atoms with van der Waals surface area (Å²) in [6.45, 7) is 2.21. The Morgan fingerprint density at radius 3 is 2.76 bits per heavy atom. The molecule has 0 bridgehead atoms. The van der Waals surface area contributed by atoms with Crippen molar-refractivity contribution < 1.29 is 9.66 Å². The molecule has 0 amide bonds. The molecule has 94 valence electrons. The average molecular weight is 242 g/mol. The fourth-order valence-electron chi connectivity index (χ4n) is 1.29. The van der Waals surface area contributed by atoms with E-state index in [1.807, 2.05) is 6.92 Å². The molecule has 0 aromatic carbocycles. The molecule has 0 fully saturated rings. The number of anilines is 2. The molecule has 1 aromatic heterocycles. The second-order valence-electron chi connectivity index (χ2n) is 3.32. The Labute approximate surface area is 97.5 Å². The molecule has 0 spiro atoms. The van der Waals surface area contributed by atoms with E-state index in [4.69, 9.17) is 10.6 Å². The lowest BCUT2D eigenvalue weighted by Gasteiger charge is -2.13. The van der Waals surface area contributed by atoms with Crippen molar-refractivity contribution in [1.82, 2.24) is 9.97 Å². The number of nitrogen functional groups attached to an aromatic ring is 1. The average Bonchev–Trinajstić information content (AvgIpc) is 2.28. The molecule has 0 aliphatic carbocycles. The van der Waals surface area contributed by atoms with Crippen LogP contribution in [0.5, 0.6) is 0 Å². The van der Waals surface area contributed by atoms with Gasteiger partial charge in [0.25, 0.3) is 0 Å². The lowest BCUT2D eigenvalue weighted by atomic mass is 10.3. The maximum atomic E-state index is 10.9. The highest BCUT2D eigenvalue weighted by atomic mass is 16.6. The predicted molar refractivity (Wildman–Crippen MR) is 61.5 cm³/mol. The van der Waals surface area contributed by atoms with Crippen molar-refractivity contribution in [3.63, 3.8) is 0 Å². The van der Waals surface area contributed by atoms with Crippen LogP contribution in [0.2, 0.25) is 0 Å². The van der Waals surface area contributed by atoms with Crippen LogP contribution in [0.15, 0.2) is 6.33 Å². The maximum absolute atomic E-state index is 10.9. The number of methoxy groups -OCH3 is 1. The molecule has 9 heteroatoms. The summed E-state index contributed by atoms with van der Waals surface area (Å²) in [5.41, 5.74) is 1.86. The Kier molecular flexibility index (Phi) is 4.55. The van der Waals surface area contributed by atoms with Crippen molar-refractivity contribution in [2.45, 2.75) is 13.0 Å². The third-order valence-electron chi connectivity index (χ3n) is 1.94. The van der Waals surface area contributed by atoms with Gasteiger partial charge >= 0.3 is 5.69 Å². The number of aromatic nitrogens is 2. The number of nitrogens with zero attached hydrogens (tertiary/aromatic N) is 3. The molecule has 1 rings (SSSR count). The van der Waals surface area contributed by atoms with Gasteiger partial charge in [-0.25, -0.2) is 15.8 Å². The highest BCUT2D eigenvalue weighted by Gasteiger charge is 2.23. The van der Waals surface area contributed by atoms with Gasteiger partial charge < -0.3 is 15.5 Å². The lowest BCUT2D eigenvalue weighted by molar-refractivity contribution is -0.383. The maximum Gasteiger partial charge on any atom is 0.354 e. The monoisotopic (exact) mass is 242 g/mol. The largest absolute Gasteiger partial charge is 0.383 e. The van der Waals surface area contributed by atoms with Crippen LogP contribution >= 0.6 is 0 Å². The summed E-state index contributed by atoms with van der Waals surface area (Å²) in [5.74, 6) is 5.20. The third kappa shape index (κ3) is 3.23. The van der Waals surface area contributed by atoms with Gasteiger partial charge in [-0.3, -0.25) is 10.1 Å². The Hall–Kier alpha value is -2.00. The van der Waals surface area contributed by atoms with Gasteiger partial charge in [0.15, 0.2) is 0 Å².